The Bertz CT molecular complexity index is 303. The van der Waals surface area contributed by atoms with Gasteiger partial charge in [-0.1, -0.05) is 6.92 Å². The van der Waals surface area contributed by atoms with E-state index in [2.05, 4.69) is 22.2 Å². The predicted octanol–water partition coefficient (Wildman–Crippen LogP) is 2.24. The van der Waals surface area contributed by atoms with Crippen molar-refractivity contribution >= 4 is 0 Å². The van der Waals surface area contributed by atoms with Crippen LogP contribution in [0.2, 0.25) is 0 Å². The number of nitrogens with zero attached hydrogens (tertiary/aromatic N) is 2. The van der Waals surface area contributed by atoms with Crippen molar-refractivity contribution in [1.29, 1.82) is 0 Å². The molecule has 0 amide bonds. The lowest BCUT2D eigenvalue weighted by molar-refractivity contribution is 0.469. The van der Waals surface area contributed by atoms with Gasteiger partial charge in [0.15, 0.2) is 0 Å². The molecule has 1 aliphatic rings. The van der Waals surface area contributed by atoms with Gasteiger partial charge in [-0.3, -0.25) is 9.97 Å². The molecule has 0 spiro atoms. The average Bonchev–Trinajstić information content (AvgIpc) is 3.05. The first kappa shape index (κ1) is 10.6. The van der Waals surface area contributed by atoms with E-state index < -0.39 is 0 Å². The van der Waals surface area contributed by atoms with Crippen molar-refractivity contribution in [1.82, 2.24) is 15.3 Å². The molecule has 15 heavy (non-hydrogen) atoms. The average molecular weight is 205 g/mol. The van der Waals surface area contributed by atoms with E-state index >= 15 is 0 Å². The molecule has 1 saturated carbocycles. The van der Waals surface area contributed by atoms with E-state index in [9.17, 15) is 0 Å². The van der Waals surface area contributed by atoms with Crippen molar-refractivity contribution in [2.45, 2.75) is 39.2 Å². The van der Waals surface area contributed by atoms with Crippen molar-refractivity contribution in [3.8, 4) is 0 Å². The van der Waals surface area contributed by atoms with Crippen LogP contribution in [0.1, 0.15) is 43.6 Å². The largest absolute Gasteiger partial charge is 0.308 e. The van der Waals surface area contributed by atoms with Gasteiger partial charge >= 0.3 is 0 Å². The molecular formula is C12H19N3. The van der Waals surface area contributed by atoms with Crippen LogP contribution in [0.4, 0.5) is 0 Å². The molecule has 1 N–H and O–H groups in total. The second kappa shape index (κ2) is 4.71. The van der Waals surface area contributed by atoms with E-state index in [1.807, 2.05) is 19.3 Å². The molecule has 1 unspecified atom stereocenters. The Balaban J connectivity index is 2.06. The quantitative estimate of drug-likeness (QED) is 0.801. The summed E-state index contributed by atoms with van der Waals surface area (Å²) in [7, 11) is 0. The van der Waals surface area contributed by atoms with Crippen LogP contribution in [0.15, 0.2) is 12.4 Å². The van der Waals surface area contributed by atoms with Crippen LogP contribution in [0, 0.1) is 12.8 Å². The highest BCUT2D eigenvalue weighted by Crippen LogP contribution is 2.40. The number of aryl methyl sites for hydroxylation is 1. The Hall–Kier alpha value is -0.960. The minimum atomic E-state index is 0.429. The molecule has 2 rings (SSSR count). The normalized spacial score (nSPS) is 17.7. The van der Waals surface area contributed by atoms with Gasteiger partial charge < -0.3 is 5.32 Å². The van der Waals surface area contributed by atoms with E-state index in [0.717, 1.165) is 23.9 Å². The van der Waals surface area contributed by atoms with Gasteiger partial charge in [0.2, 0.25) is 0 Å². The van der Waals surface area contributed by atoms with Crippen LogP contribution in [-0.4, -0.2) is 16.5 Å². The fourth-order valence-corrected chi connectivity index (χ4v) is 1.81. The van der Waals surface area contributed by atoms with Gasteiger partial charge in [0.05, 0.1) is 23.6 Å². The van der Waals surface area contributed by atoms with Gasteiger partial charge in [-0.05, 0) is 38.6 Å². The fourth-order valence-electron chi connectivity index (χ4n) is 1.81. The number of hydrogen-bond acceptors (Lipinski definition) is 3. The molecule has 1 aromatic rings. The zero-order valence-electron chi connectivity index (χ0n) is 9.53. The molecular weight excluding hydrogens is 186 g/mol. The second-order valence-electron chi connectivity index (χ2n) is 4.35. The smallest absolute Gasteiger partial charge is 0.0759 e. The lowest BCUT2D eigenvalue weighted by atomic mass is 10.1. The second-order valence-corrected chi connectivity index (χ2v) is 4.35. The molecule has 1 aromatic heterocycles. The Morgan fingerprint density at radius 2 is 2.20 bits per heavy atom. The van der Waals surface area contributed by atoms with Crippen LogP contribution in [0.3, 0.4) is 0 Å². The van der Waals surface area contributed by atoms with Crippen molar-refractivity contribution in [3.05, 3.63) is 23.8 Å². The lowest BCUT2D eigenvalue weighted by Gasteiger charge is -2.16. The predicted molar refractivity (Wildman–Crippen MR) is 60.5 cm³/mol. The standard InChI is InChI=1S/C12H19N3/c1-3-6-13-12(10-4-5-10)11-8-14-9(2)7-15-11/h7-8,10,12-13H,3-6H2,1-2H3. The molecule has 1 atom stereocenters. The summed E-state index contributed by atoms with van der Waals surface area (Å²) in [5.41, 5.74) is 2.10. The summed E-state index contributed by atoms with van der Waals surface area (Å²) in [6.45, 7) is 5.23. The third-order valence-corrected chi connectivity index (χ3v) is 2.83. The molecule has 3 nitrogen and oxygen atoms in total. The molecule has 0 radical (unpaired) electrons. The molecule has 0 saturated heterocycles. The maximum absolute atomic E-state index is 4.47. The Kier molecular flexibility index (Phi) is 3.31. The molecule has 1 heterocycles. The zero-order valence-corrected chi connectivity index (χ0v) is 9.53. The maximum Gasteiger partial charge on any atom is 0.0759 e. The summed E-state index contributed by atoms with van der Waals surface area (Å²) in [4.78, 5) is 8.78. The van der Waals surface area contributed by atoms with E-state index in [1.54, 1.807) is 0 Å². The van der Waals surface area contributed by atoms with E-state index in [-0.39, 0.29) is 0 Å². The molecule has 0 bridgehead atoms. The fraction of sp³-hybridized carbons (Fsp3) is 0.667. The molecule has 1 aliphatic carbocycles. The van der Waals surface area contributed by atoms with Crippen LogP contribution in [0.5, 0.6) is 0 Å². The van der Waals surface area contributed by atoms with Crippen LogP contribution < -0.4 is 5.32 Å². The SMILES string of the molecule is CCCNC(c1cnc(C)cn1)C1CC1. The van der Waals surface area contributed by atoms with Crippen molar-refractivity contribution < 1.29 is 0 Å². The molecule has 0 aliphatic heterocycles. The first-order chi connectivity index (χ1) is 7.31. The van der Waals surface area contributed by atoms with Crippen molar-refractivity contribution in [3.63, 3.8) is 0 Å². The molecule has 1 fully saturated rings. The molecule has 0 aromatic carbocycles. The summed E-state index contributed by atoms with van der Waals surface area (Å²) in [5.74, 6) is 0.786. The van der Waals surface area contributed by atoms with Crippen molar-refractivity contribution in [2.75, 3.05) is 6.54 Å². The number of nitrogens with one attached hydrogen (secondary N) is 1. The summed E-state index contributed by atoms with van der Waals surface area (Å²) >= 11 is 0. The van der Waals surface area contributed by atoms with Crippen LogP contribution >= 0.6 is 0 Å². The van der Waals surface area contributed by atoms with Crippen molar-refractivity contribution in [2.24, 2.45) is 5.92 Å². The summed E-state index contributed by atoms with van der Waals surface area (Å²) in [6, 6.07) is 0.429. The highest BCUT2D eigenvalue weighted by molar-refractivity contribution is 5.09. The minimum Gasteiger partial charge on any atom is -0.308 e. The highest BCUT2D eigenvalue weighted by Gasteiger charge is 2.32. The Morgan fingerprint density at radius 1 is 1.40 bits per heavy atom. The monoisotopic (exact) mass is 205 g/mol. The summed E-state index contributed by atoms with van der Waals surface area (Å²) < 4.78 is 0. The highest BCUT2D eigenvalue weighted by atomic mass is 15.0. The van der Waals surface area contributed by atoms with Gasteiger partial charge in [-0.2, -0.15) is 0 Å². The van der Waals surface area contributed by atoms with Gasteiger partial charge in [-0.15, -0.1) is 0 Å². The van der Waals surface area contributed by atoms with Crippen LogP contribution in [-0.2, 0) is 0 Å². The minimum absolute atomic E-state index is 0.429. The van der Waals surface area contributed by atoms with E-state index in [1.165, 1.54) is 19.3 Å². The summed E-state index contributed by atoms with van der Waals surface area (Å²) in [6.07, 6.45) is 7.61. The zero-order chi connectivity index (χ0) is 10.7. The molecule has 82 valence electrons. The van der Waals surface area contributed by atoms with Gasteiger partial charge in [0.1, 0.15) is 0 Å². The van der Waals surface area contributed by atoms with Crippen LogP contribution in [0.25, 0.3) is 0 Å². The summed E-state index contributed by atoms with van der Waals surface area (Å²) in [5, 5.41) is 3.56. The molecule has 3 heteroatoms. The van der Waals surface area contributed by atoms with Gasteiger partial charge in [0, 0.05) is 6.20 Å². The first-order valence-electron chi connectivity index (χ1n) is 5.83. The van der Waals surface area contributed by atoms with Gasteiger partial charge in [-0.25, -0.2) is 0 Å². The van der Waals surface area contributed by atoms with E-state index in [0.29, 0.717) is 6.04 Å². The van der Waals surface area contributed by atoms with Gasteiger partial charge in [0.25, 0.3) is 0 Å². The topological polar surface area (TPSA) is 37.8 Å². The van der Waals surface area contributed by atoms with E-state index in [4.69, 9.17) is 0 Å². The first-order valence-corrected chi connectivity index (χ1v) is 5.83. The Labute approximate surface area is 91.3 Å². The maximum atomic E-state index is 4.47. The Morgan fingerprint density at radius 3 is 2.73 bits per heavy atom. The lowest BCUT2D eigenvalue weighted by Crippen LogP contribution is -2.24. The third kappa shape index (κ3) is 2.75. The number of aromatic nitrogens is 2. The number of hydrogen-bond donors (Lipinski definition) is 1. The third-order valence-electron chi connectivity index (χ3n) is 2.83. The number of rotatable bonds is 5.